The number of aromatic nitrogens is 5. The molecular formula is C16H16N6O. The van der Waals surface area contributed by atoms with Gasteiger partial charge in [-0.3, -0.25) is 9.08 Å². The maximum atomic E-state index is 10.1. The fraction of sp³-hybridized carbons (Fsp3) is 0.188. The molecule has 0 unspecified atom stereocenters. The minimum absolute atomic E-state index is 0.358. The van der Waals surface area contributed by atoms with Crippen LogP contribution in [0.4, 0.5) is 5.82 Å². The molecule has 4 rings (SSSR count). The van der Waals surface area contributed by atoms with E-state index < -0.39 is 0 Å². The van der Waals surface area contributed by atoms with Gasteiger partial charge in [0.1, 0.15) is 11.6 Å². The summed E-state index contributed by atoms with van der Waals surface area (Å²) in [7, 11) is 1.85. The summed E-state index contributed by atoms with van der Waals surface area (Å²) >= 11 is 0. The minimum atomic E-state index is 0.358. The van der Waals surface area contributed by atoms with Gasteiger partial charge >= 0.3 is 0 Å². The van der Waals surface area contributed by atoms with Gasteiger partial charge in [0.05, 0.1) is 11.9 Å². The SMILES string of the molecule is Cn1cc(-c2cn3cc(C4=C(O)CCC=C4)nc3nc2N)cn1. The molecule has 7 nitrogen and oxygen atoms in total. The van der Waals surface area contributed by atoms with Crippen molar-refractivity contribution < 1.29 is 5.11 Å². The average molecular weight is 308 g/mol. The van der Waals surface area contributed by atoms with E-state index in [0.29, 0.717) is 29.5 Å². The van der Waals surface area contributed by atoms with Crippen molar-refractivity contribution >= 4 is 17.2 Å². The molecule has 1 aliphatic rings. The highest BCUT2D eigenvalue weighted by Crippen LogP contribution is 2.28. The van der Waals surface area contributed by atoms with Crippen LogP contribution in [0.3, 0.4) is 0 Å². The summed E-state index contributed by atoms with van der Waals surface area (Å²) in [5.74, 6) is 1.26. The van der Waals surface area contributed by atoms with Gasteiger partial charge in [-0.15, -0.1) is 0 Å². The van der Waals surface area contributed by atoms with Gasteiger partial charge in [0, 0.05) is 48.8 Å². The van der Waals surface area contributed by atoms with E-state index in [1.54, 1.807) is 10.9 Å². The number of aliphatic hydroxyl groups excluding tert-OH is 1. The fourth-order valence-electron chi connectivity index (χ4n) is 2.73. The topological polar surface area (TPSA) is 94.3 Å². The second kappa shape index (κ2) is 4.98. The zero-order chi connectivity index (χ0) is 16.0. The van der Waals surface area contributed by atoms with Gasteiger partial charge < -0.3 is 10.8 Å². The highest BCUT2D eigenvalue weighted by atomic mass is 16.3. The summed E-state index contributed by atoms with van der Waals surface area (Å²) in [6.45, 7) is 0. The van der Waals surface area contributed by atoms with Gasteiger partial charge in [0.15, 0.2) is 0 Å². The molecule has 0 aliphatic heterocycles. The summed E-state index contributed by atoms with van der Waals surface area (Å²) in [5.41, 5.74) is 9.19. The van der Waals surface area contributed by atoms with Crippen LogP contribution in [0, 0.1) is 0 Å². The van der Waals surface area contributed by atoms with Crippen molar-refractivity contribution in [1.29, 1.82) is 0 Å². The summed E-state index contributed by atoms with van der Waals surface area (Å²) in [4.78, 5) is 8.84. The van der Waals surface area contributed by atoms with Crippen LogP contribution in [0.2, 0.25) is 0 Å². The summed E-state index contributed by atoms with van der Waals surface area (Å²) in [6.07, 6.45) is 12.8. The van der Waals surface area contributed by atoms with Gasteiger partial charge in [0.2, 0.25) is 5.78 Å². The number of aryl methyl sites for hydroxylation is 1. The molecule has 0 saturated heterocycles. The number of anilines is 1. The normalized spacial score (nSPS) is 14.8. The first-order valence-corrected chi connectivity index (χ1v) is 7.35. The first-order chi connectivity index (χ1) is 11.1. The predicted octanol–water partition coefficient (Wildman–Crippen LogP) is 2.33. The number of nitrogens with two attached hydrogens (primary N) is 1. The van der Waals surface area contributed by atoms with Crippen molar-refractivity contribution in [2.24, 2.45) is 7.05 Å². The van der Waals surface area contributed by atoms with Crippen molar-refractivity contribution in [3.63, 3.8) is 0 Å². The van der Waals surface area contributed by atoms with Crippen LogP contribution >= 0.6 is 0 Å². The number of rotatable bonds is 2. The smallest absolute Gasteiger partial charge is 0.236 e. The first-order valence-electron chi connectivity index (χ1n) is 7.35. The lowest BCUT2D eigenvalue weighted by molar-refractivity contribution is 0.391. The van der Waals surface area contributed by atoms with Crippen LogP contribution in [0.5, 0.6) is 0 Å². The summed E-state index contributed by atoms with van der Waals surface area (Å²) in [5, 5.41) is 14.2. The number of fused-ring (bicyclic) bond motifs is 1. The number of hydrogen-bond donors (Lipinski definition) is 2. The van der Waals surface area contributed by atoms with E-state index in [2.05, 4.69) is 15.1 Å². The molecule has 116 valence electrons. The second-order valence-electron chi connectivity index (χ2n) is 5.58. The zero-order valence-corrected chi connectivity index (χ0v) is 12.6. The van der Waals surface area contributed by atoms with E-state index in [-0.39, 0.29) is 0 Å². The number of nitrogens with zero attached hydrogens (tertiary/aromatic N) is 5. The molecule has 3 aromatic rings. The van der Waals surface area contributed by atoms with Crippen LogP contribution in [-0.4, -0.2) is 29.3 Å². The van der Waals surface area contributed by atoms with Gasteiger partial charge in [-0.2, -0.15) is 10.1 Å². The monoisotopic (exact) mass is 308 g/mol. The Bertz CT molecular complexity index is 962. The van der Waals surface area contributed by atoms with Crippen LogP contribution in [0.25, 0.3) is 22.5 Å². The molecule has 0 fully saturated rings. The van der Waals surface area contributed by atoms with Crippen molar-refractivity contribution in [1.82, 2.24) is 24.1 Å². The highest BCUT2D eigenvalue weighted by molar-refractivity contribution is 5.77. The molecule has 3 N–H and O–H groups in total. The Balaban J connectivity index is 1.85. The third kappa shape index (κ3) is 2.26. The van der Waals surface area contributed by atoms with Crippen LogP contribution in [-0.2, 0) is 7.05 Å². The Morgan fingerprint density at radius 2 is 2.09 bits per heavy atom. The Labute approximate surface area is 132 Å². The molecule has 1 aliphatic carbocycles. The van der Waals surface area contributed by atoms with Crippen LogP contribution < -0.4 is 5.73 Å². The maximum Gasteiger partial charge on any atom is 0.236 e. The number of hydrogen-bond acceptors (Lipinski definition) is 5. The Hall–Kier alpha value is -3.09. The molecule has 0 saturated carbocycles. The number of allylic oxidation sites excluding steroid dienone is 4. The molecule has 0 amide bonds. The van der Waals surface area contributed by atoms with Crippen molar-refractivity contribution in [3.05, 3.63) is 48.4 Å². The van der Waals surface area contributed by atoms with Crippen molar-refractivity contribution in [2.75, 3.05) is 5.73 Å². The Morgan fingerprint density at radius 3 is 2.83 bits per heavy atom. The van der Waals surface area contributed by atoms with Crippen molar-refractivity contribution in [3.8, 4) is 11.1 Å². The molecule has 0 spiro atoms. The molecule has 0 radical (unpaired) electrons. The molecule has 0 aromatic carbocycles. The molecule has 7 heteroatoms. The number of nitrogen functional groups attached to an aromatic ring is 1. The lowest BCUT2D eigenvalue weighted by atomic mass is 10.0. The van der Waals surface area contributed by atoms with Gasteiger partial charge in [-0.25, -0.2) is 4.98 Å². The van der Waals surface area contributed by atoms with Crippen molar-refractivity contribution in [2.45, 2.75) is 12.8 Å². The van der Waals surface area contributed by atoms with E-state index >= 15 is 0 Å². The third-order valence-corrected chi connectivity index (χ3v) is 3.91. The quantitative estimate of drug-likeness (QED) is 0.757. The number of aliphatic hydroxyl groups is 1. The lowest BCUT2D eigenvalue weighted by Crippen LogP contribution is -1.98. The van der Waals surface area contributed by atoms with E-state index in [1.807, 2.05) is 42.2 Å². The molecule has 0 atom stereocenters. The first kappa shape index (κ1) is 13.6. The molecule has 3 heterocycles. The molecule has 23 heavy (non-hydrogen) atoms. The van der Waals surface area contributed by atoms with E-state index in [0.717, 1.165) is 23.1 Å². The fourth-order valence-corrected chi connectivity index (χ4v) is 2.73. The van der Waals surface area contributed by atoms with E-state index in [9.17, 15) is 5.11 Å². The molecular weight excluding hydrogens is 292 g/mol. The van der Waals surface area contributed by atoms with E-state index in [4.69, 9.17) is 5.73 Å². The highest BCUT2D eigenvalue weighted by Gasteiger charge is 2.15. The maximum absolute atomic E-state index is 10.1. The van der Waals surface area contributed by atoms with Crippen LogP contribution in [0.1, 0.15) is 18.5 Å². The standard InChI is InChI=1S/C16H16N6O/c1-21-7-10(6-18-21)12-8-22-9-13(19-16(22)20-15(12)17)11-4-2-3-5-14(11)23/h2,4,6-9,23H,3,5H2,1H3,(H2,17,19,20). The number of imidazole rings is 1. The minimum Gasteiger partial charge on any atom is -0.512 e. The van der Waals surface area contributed by atoms with Crippen LogP contribution in [0.15, 0.2) is 42.7 Å². The Morgan fingerprint density at radius 1 is 1.22 bits per heavy atom. The van der Waals surface area contributed by atoms with Gasteiger partial charge in [0.25, 0.3) is 0 Å². The zero-order valence-electron chi connectivity index (χ0n) is 12.6. The third-order valence-electron chi connectivity index (χ3n) is 3.91. The summed E-state index contributed by atoms with van der Waals surface area (Å²) < 4.78 is 3.53. The van der Waals surface area contributed by atoms with Gasteiger partial charge in [-0.1, -0.05) is 12.2 Å². The lowest BCUT2D eigenvalue weighted by Gasteiger charge is -2.07. The summed E-state index contributed by atoms with van der Waals surface area (Å²) in [6, 6.07) is 0. The predicted molar refractivity (Wildman–Crippen MR) is 87.5 cm³/mol. The molecule has 3 aromatic heterocycles. The van der Waals surface area contributed by atoms with E-state index in [1.165, 1.54) is 0 Å². The second-order valence-corrected chi connectivity index (χ2v) is 5.58. The molecule has 0 bridgehead atoms. The largest absolute Gasteiger partial charge is 0.512 e. The average Bonchev–Trinajstić information content (AvgIpc) is 3.12. The van der Waals surface area contributed by atoms with Gasteiger partial charge in [-0.05, 0) is 6.42 Å². The Kier molecular flexibility index (Phi) is 2.94.